The van der Waals surface area contributed by atoms with Crippen molar-refractivity contribution >= 4 is 10.2 Å². The highest BCUT2D eigenvalue weighted by Crippen LogP contribution is 2.23. The molecule has 0 atom stereocenters. The van der Waals surface area contributed by atoms with E-state index in [0.29, 0.717) is 0 Å². The first-order chi connectivity index (χ1) is 11.0. The minimum absolute atomic E-state index is 0.152. The van der Waals surface area contributed by atoms with Crippen LogP contribution >= 0.6 is 0 Å². The van der Waals surface area contributed by atoms with Crippen LogP contribution in [0.2, 0.25) is 0 Å². The lowest BCUT2D eigenvalue weighted by molar-refractivity contribution is 0.459. The summed E-state index contributed by atoms with van der Waals surface area (Å²) in [5.41, 5.74) is 1.71. The van der Waals surface area contributed by atoms with Crippen molar-refractivity contribution in [1.82, 2.24) is 9.03 Å². The zero-order valence-corrected chi connectivity index (χ0v) is 13.7. The standard InChI is InChI=1S/C17H19N3O2S/c1-20(14-8-13-18)23(21,22)19-17(15-9-4-2-5-10-15)16-11-6-3-7-12-16/h2-7,9-12,17,19H,8,14H2,1H3. The molecule has 2 aromatic carbocycles. The van der Waals surface area contributed by atoms with Crippen LogP contribution in [0.25, 0.3) is 0 Å². The fourth-order valence-corrected chi connectivity index (χ4v) is 3.27. The quantitative estimate of drug-likeness (QED) is 0.848. The molecule has 23 heavy (non-hydrogen) atoms. The highest BCUT2D eigenvalue weighted by atomic mass is 32.2. The Hall–Kier alpha value is -2.20. The van der Waals surface area contributed by atoms with Gasteiger partial charge in [0.05, 0.1) is 12.1 Å². The van der Waals surface area contributed by atoms with E-state index < -0.39 is 16.3 Å². The zero-order chi connectivity index (χ0) is 16.7. The zero-order valence-electron chi connectivity index (χ0n) is 12.9. The van der Waals surface area contributed by atoms with E-state index in [-0.39, 0.29) is 13.0 Å². The van der Waals surface area contributed by atoms with Crippen LogP contribution in [0.3, 0.4) is 0 Å². The fourth-order valence-electron chi connectivity index (χ4n) is 2.19. The van der Waals surface area contributed by atoms with Crippen LogP contribution in [0.5, 0.6) is 0 Å². The second-order valence-electron chi connectivity index (χ2n) is 5.11. The summed E-state index contributed by atoms with van der Waals surface area (Å²) in [5, 5.41) is 8.63. The summed E-state index contributed by atoms with van der Waals surface area (Å²) < 4.78 is 28.9. The summed E-state index contributed by atoms with van der Waals surface area (Å²) in [7, 11) is -2.23. The van der Waals surface area contributed by atoms with Crippen LogP contribution in [0.15, 0.2) is 60.7 Å². The number of nitriles is 1. The normalized spacial score (nSPS) is 11.6. The van der Waals surface area contributed by atoms with Crippen molar-refractivity contribution in [1.29, 1.82) is 5.26 Å². The molecule has 0 amide bonds. The summed E-state index contributed by atoms with van der Waals surface area (Å²) in [6, 6.07) is 20.3. The van der Waals surface area contributed by atoms with E-state index in [1.54, 1.807) is 0 Å². The number of benzene rings is 2. The molecule has 0 radical (unpaired) electrons. The van der Waals surface area contributed by atoms with Gasteiger partial charge in [-0.3, -0.25) is 0 Å². The topological polar surface area (TPSA) is 73.2 Å². The van der Waals surface area contributed by atoms with Gasteiger partial charge in [-0.2, -0.15) is 22.7 Å². The third-order valence-corrected chi connectivity index (χ3v) is 5.02. The SMILES string of the molecule is CN(CCC#N)S(=O)(=O)NC(c1ccccc1)c1ccccc1. The maximum Gasteiger partial charge on any atom is 0.280 e. The van der Waals surface area contributed by atoms with E-state index in [9.17, 15) is 8.42 Å². The molecule has 0 aliphatic heterocycles. The van der Waals surface area contributed by atoms with Gasteiger partial charge in [0, 0.05) is 20.0 Å². The number of hydrogen-bond donors (Lipinski definition) is 1. The smallest absolute Gasteiger partial charge is 0.198 e. The lowest BCUT2D eigenvalue weighted by atomic mass is 10.00. The average Bonchev–Trinajstić information content (AvgIpc) is 2.59. The van der Waals surface area contributed by atoms with Crippen LogP contribution in [0, 0.1) is 11.3 Å². The largest absolute Gasteiger partial charge is 0.280 e. The molecular formula is C17H19N3O2S. The highest BCUT2D eigenvalue weighted by molar-refractivity contribution is 7.87. The third kappa shape index (κ3) is 4.63. The van der Waals surface area contributed by atoms with E-state index in [2.05, 4.69) is 4.72 Å². The predicted molar refractivity (Wildman–Crippen MR) is 89.6 cm³/mol. The van der Waals surface area contributed by atoms with Crippen molar-refractivity contribution in [3.05, 3.63) is 71.8 Å². The van der Waals surface area contributed by atoms with Gasteiger partial charge < -0.3 is 0 Å². The van der Waals surface area contributed by atoms with Crippen molar-refractivity contribution in [2.75, 3.05) is 13.6 Å². The molecular weight excluding hydrogens is 310 g/mol. The molecule has 0 unspecified atom stereocenters. The lowest BCUT2D eigenvalue weighted by Gasteiger charge is -2.23. The van der Waals surface area contributed by atoms with E-state index in [1.807, 2.05) is 66.7 Å². The van der Waals surface area contributed by atoms with E-state index in [4.69, 9.17) is 5.26 Å². The third-order valence-electron chi connectivity index (χ3n) is 3.48. The summed E-state index contributed by atoms with van der Waals surface area (Å²) in [4.78, 5) is 0. The summed E-state index contributed by atoms with van der Waals surface area (Å²) in [5.74, 6) is 0. The van der Waals surface area contributed by atoms with Crippen LogP contribution in [-0.2, 0) is 10.2 Å². The van der Waals surface area contributed by atoms with Crippen molar-refractivity contribution in [3.8, 4) is 6.07 Å². The van der Waals surface area contributed by atoms with Gasteiger partial charge in [-0.15, -0.1) is 0 Å². The Bertz CT molecular complexity index is 716. The predicted octanol–water partition coefficient (Wildman–Crippen LogP) is 2.46. The van der Waals surface area contributed by atoms with Gasteiger partial charge in [0.25, 0.3) is 10.2 Å². The molecule has 0 spiro atoms. The van der Waals surface area contributed by atoms with Gasteiger partial charge in [-0.25, -0.2) is 0 Å². The summed E-state index contributed by atoms with van der Waals surface area (Å²) in [6.07, 6.45) is 0.152. The molecule has 0 saturated carbocycles. The Labute approximate surface area is 137 Å². The van der Waals surface area contributed by atoms with Gasteiger partial charge in [0.15, 0.2) is 0 Å². The van der Waals surface area contributed by atoms with Crippen molar-refractivity contribution in [2.45, 2.75) is 12.5 Å². The molecule has 2 rings (SSSR count). The Morgan fingerprint density at radius 1 is 1.04 bits per heavy atom. The minimum Gasteiger partial charge on any atom is -0.198 e. The number of rotatable bonds is 7. The summed E-state index contributed by atoms with van der Waals surface area (Å²) >= 11 is 0. The molecule has 0 fully saturated rings. The number of hydrogen-bond acceptors (Lipinski definition) is 3. The van der Waals surface area contributed by atoms with Gasteiger partial charge in [0.2, 0.25) is 0 Å². The molecule has 0 aliphatic rings. The molecule has 0 aliphatic carbocycles. The van der Waals surface area contributed by atoms with E-state index in [1.165, 1.54) is 7.05 Å². The van der Waals surface area contributed by atoms with Gasteiger partial charge in [0.1, 0.15) is 0 Å². The van der Waals surface area contributed by atoms with Gasteiger partial charge >= 0.3 is 0 Å². The van der Waals surface area contributed by atoms with Crippen LogP contribution in [0.1, 0.15) is 23.6 Å². The molecule has 1 N–H and O–H groups in total. The Morgan fingerprint density at radius 2 is 1.52 bits per heavy atom. The molecule has 120 valence electrons. The molecule has 2 aromatic rings. The second-order valence-corrected chi connectivity index (χ2v) is 6.92. The first-order valence-corrected chi connectivity index (χ1v) is 8.69. The van der Waals surface area contributed by atoms with Crippen molar-refractivity contribution in [2.24, 2.45) is 0 Å². The monoisotopic (exact) mass is 329 g/mol. The van der Waals surface area contributed by atoms with Crippen LogP contribution < -0.4 is 4.72 Å². The Kier molecular flexibility index (Phi) is 5.88. The molecule has 0 heterocycles. The first kappa shape index (κ1) is 17.2. The first-order valence-electron chi connectivity index (χ1n) is 7.25. The molecule has 0 aromatic heterocycles. The minimum atomic E-state index is -3.70. The Balaban J connectivity index is 2.31. The molecule has 5 nitrogen and oxygen atoms in total. The van der Waals surface area contributed by atoms with Crippen LogP contribution in [-0.4, -0.2) is 26.3 Å². The second kappa shape index (κ2) is 7.88. The molecule has 6 heteroatoms. The number of nitrogens with zero attached hydrogens (tertiary/aromatic N) is 2. The maximum absolute atomic E-state index is 12.5. The van der Waals surface area contributed by atoms with E-state index in [0.717, 1.165) is 15.4 Å². The molecule has 0 bridgehead atoms. The molecule has 0 saturated heterocycles. The van der Waals surface area contributed by atoms with Crippen molar-refractivity contribution < 1.29 is 8.42 Å². The van der Waals surface area contributed by atoms with E-state index >= 15 is 0 Å². The number of nitrogens with one attached hydrogen (secondary N) is 1. The average molecular weight is 329 g/mol. The van der Waals surface area contributed by atoms with Crippen molar-refractivity contribution in [3.63, 3.8) is 0 Å². The lowest BCUT2D eigenvalue weighted by Crippen LogP contribution is -2.40. The summed E-state index contributed by atoms with van der Waals surface area (Å²) in [6.45, 7) is 0.155. The fraction of sp³-hybridized carbons (Fsp3) is 0.235. The Morgan fingerprint density at radius 3 is 1.96 bits per heavy atom. The van der Waals surface area contributed by atoms with Crippen LogP contribution in [0.4, 0.5) is 0 Å². The van der Waals surface area contributed by atoms with Gasteiger partial charge in [-0.1, -0.05) is 60.7 Å². The maximum atomic E-state index is 12.5. The van der Waals surface area contributed by atoms with Gasteiger partial charge in [-0.05, 0) is 11.1 Å². The highest BCUT2D eigenvalue weighted by Gasteiger charge is 2.24.